The van der Waals surface area contributed by atoms with Crippen LogP contribution in [0.25, 0.3) is 0 Å². The van der Waals surface area contributed by atoms with Gasteiger partial charge in [0.2, 0.25) is 15.9 Å². The SMILES string of the molecule is CC(=O)Nc1ccc(S(=O)(=O)N(C)CC(=O)Oc2cccc(C)c2)cc1. The first-order chi connectivity index (χ1) is 12.2. The van der Waals surface area contributed by atoms with Crippen molar-refractivity contribution in [2.24, 2.45) is 0 Å². The molecule has 2 aromatic carbocycles. The fraction of sp³-hybridized carbons (Fsp3) is 0.222. The maximum absolute atomic E-state index is 12.5. The smallest absolute Gasteiger partial charge is 0.326 e. The van der Waals surface area contributed by atoms with Crippen LogP contribution in [-0.2, 0) is 19.6 Å². The number of likely N-dealkylation sites (N-methyl/N-ethyl adjacent to an activating group) is 1. The third-order valence-electron chi connectivity index (χ3n) is 3.46. The molecule has 0 atom stereocenters. The number of benzene rings is 2. The zero-order valence-electron chi connectivity index (χ0n) is 14.7. The third-order valence-corrected chi connectivity index (χ3v) is 5.27. The van der Waals surface area contributed by atoms with E-state index in [-0.39, 0.29) is 10.8 Å². The van der Waals surface area contributed by atoms with Gasteiger partial charge < -0.3 is 10.1 Å². The molecular weight excluding hydrogens is 356 g/mol. The van der Waals surface area contributed by atoms with Crippen LogP contribution in [0.2, 0.25) is 0 Å². The lowest BCUT2D eigenvalue weighted by atomic mass is 10.2. The fourth-order valence-corrected chi connectivity index (χ4v) is 3.32. The van der Waals surface area contributed by atoms with Crippen LogP contribution in [0.1, 0.15) is 12.5 Å². The number of nitrogens with zero attached hydrogens (tertiary/aromatic N) is 1. The second-order valence-corrected chi connectivity index (χ2v) is 7.80. The van der Waals surface area contributed by atoms with Gasteiger partial charge in [0.25, 0.3) is 0 Å². The van der Waals surface area contributed by atoms with Crippen LogP contribution in [0.5, 0.6) is 5.75 Å². The highest BCUT2D eigenvalue weighted by Crippen LogP contribution is 2.18. The predicted molar refractivity (Wildman–Crippen MR) is 97.4 cm³/mol. The van der Waals surface area contributed by atoms with E-state index in [0.717, 1.165) is 9.87 Å². The Hall–Kier alpha value is -2.71. The van der Waals surface area contributed by atoms with E-state index in [1.807, 2.05) is 13.0 Å². The number of carbonyl (C=O) groups is 2. The number of ether oxygens (including phenoxy) is 1. The predicted octanol–water partition coefficient (Wildman–Crippen LogP) is 2.18. The molecule has 7 nitrogen and oxygen atoms in total. The van der Waals surface area contributed by atoms with Crippen LogP contribution in [0.4, 0.5) is 5.69 Å². The van der Waals surface area contributed by atoms with Gasteiger partial charge in [0.1, 0.15) is 12.3 Å². The minimum Gasteiger partial charge on any atom is -0.426 e. The lowest BCUT2D eigenvalue weighted by Crippen LogP contribution is -2.34. The Balaban J connectivity index is 2.05. The molecule has 0 saturated heterocycles. The standard InChI is InChI=1S/C18H20N2O5S/c1-13-5-4-6-16(11-13)25-18(22)12-20(3)26(23,24)17-9-7-15(8-10-17)19-14(2)21/h4-11H,12H2,1-3H3,(H,19,21). The lowest BCUT2D eigenvalue weighted by Gasteiger charge is -2.16. The van der Waals surface area contributed by atoms with Crippen LogP contribution in [0.3, 0.4) is 0 Å². The fourth-order valence-electron chi connectivity index (χ4n) is 2.20. The number of hydrogen-bond acceptors (Lipinski definition) is 5. The zero-order valence-corrected chi connectivity index (χ0v) is 15.5. The summed E-state index contributed by atoms with van der Waals surface area (Å²) in [6.45, 7) is 2.79. The number of nitrogens with one attached hydrogen (secondary N) is 1. The minimum atomic E-state index is -3.86. The number of hydrogen-bond donors (Lipinski definition) is 1. The molecule has 26 heavy (non-hydrogen) atoms. The van der Waals surface area contributed by atoms with Crippen molar-refractivity contribution in [3.63, 3.8) is 0 Å². The molecule has 0 unspecified atom stereocenters. The number of amides is 1. The van der Waals surface area contributed by atoms with Crippen LogP contribution < -0.4 is 10.1 Å². The highest BCUT2D eigenvalue weighted by Gasteiger charge is 2.23. The molecule has 0 fully saturated rings. The summed E-state index contributed by atoms with van der Waals surface area (Å²) in [5.74, 6) is -0.575. The minimum absolute atomic E-state index is 0.0115. The Morgan fingerprint density at radius 1 is 1.12 bits per heavy atom. The van der Waals surface area contributed by atoms with Crippen molar-refractivity contribution in [2.45, 2.75) is 18.7 Å². The van der Waals surface area contributed by atoms with Crippen molar-refractivity contribution in [1.82, 2.24) is 4.31 Å². The summed E-state index contributed by atoms with van der Waals surface area (Å²) in [4.78, 5) is 23.0. The topological polar surface area (TPSA) is 92.8 Å². The summed E-state index contributed by atoms with van der Waals surface area (Å²) >= 11 is 0. The quantitative estimate of drug-likeness (QED) is 0.616. The van der Waals surface area contributed by atoms with Crippen LogP contribution >= 0.6 is 0 Å². The molecule has 138 valence electrons. The molecule has 0 radical (unpaired) electrons. The maximum Gasteiger partial charge on any atom is 0.326 e. The number of esters is 1. The molecule has 0 bridgehead atoms. The number of aryl methyl sites for hydroxylation is 1. The average molecular weight is 376 g/mol. The van der Waals surface area contributed by atoms with Gasteiger partial charge in [-0.15, -0.1) is 0 Å². The molecule has 0 spiro atoms. The summed E-state index contributed by atoms with van der Waals surface area (Å²) in [7, 11) is -2.56. The largest absolute Gasteiger partial charge is 0.426 e. The summed E-state index contributed by atoms with van der Waals surface area (Å²) in [5, 5.41) is 2.56. The Morgan fingerprint density at radius 3 is 2.35 bits per heavy atom. The molecule has 8 heteroatoms. The van der Waals surface area contributed by atoms with E-state index >= 15 is 0 Å². The Labute approximate surface area is 152 Å². The Morgan fingerprint density at radius 2 is 1.77 bits per heavy atom. The van der Waals surface area contributed by atoms with Gasteiger partial charge in [0.05, 0.1) is 4.90 Å². The second kappa shape index (κ2) is 8.11. The van der Waals surface area contributed by atoms with E-state index in [4.69, 9.17) is 4.74 Å². The zero-order chi connectivity index (χ0) is 19.3. The Kier molecular flexibility index (Phi) is 6.12. The monoisotopic (exact) mass is 376 g/mol. The molecule has 0 aliphatic carbocycles. The van der Waals surface area contributed by atoms with E-state index in [1.54, 1.807) is 18.2 Å². The molecule has 0 saturated carbocycles. The normalized spacial score (nSPS) is 11.2. The van der Waals surface area contributed by atoms with Crippen molar-refractivity contribution in [2.75, 3.05) is 18.9 Å². The van der Waals surface area contributed by atoms with Gasteiger partial charge in [-0.3, -0.25) is 9.59 Å². The summed E-state index contributed by atoms with van der Waals surface area (Å²) in [6, 6.07) is 12.6. The molecule has 2 rings (SSSR count). The van der Waals surface area contributed by atoms with E-state index in [9.17, 15) is 18.0 Å². The molecule has 2 aromatic rings. The van der Waals surface area contributed by atoms with Crippen LogP contribution in [0, 0.1) is 6.92 Å². The van der Waals surface area contributed by atoms with E-state index in [0.29, 0.717) is 11.4 Å². The third kappa shape index (κ3) is 5.14. The van der Waals surface area contributed by atoms with E-state index in [1.165, 1.54) is 38.2 Å². The van der Waals surface area contributed by atoms with Crippen molar-refractivity contribution in [3.8, 4) is 5.75 Å². The van der Waals surface area contributed by atoms with Gasteiger partial charge in [-0.1, -0.05) is 12.1 Å². The van der Waals surface area contributed by atoms with Crippen LogP contribution in [-0.4, -0.2) is 38.2 Å². The number of rotatable bonds is 6. The van der Waals surface area contributed by atoms with Crippen molar-refractivity contribution in [3.05, 3.63) is 54.1 Å². The van der Waals surface area contributed by atoms with Crippen molar-refractivity contribution < 1.29 is 22.7 Å². The van der Waals surface area contributed by atoms with E-state index in [2.05, 4.69) is 5.32 Å². The maximum atomic E-state index is 12.5. The molecule has 1 amide bonds. The molecular formula is C18H20N2O5S. The average Bonchev–Trinajstić information content (AvgIpc) is 2.54. The van der Waals surface area contributed by atoms with Crippen LogP contribution in [0.15, 0.2) is 53.4 Å². The van der Waals surface area contributed by atoms with Gasteiger partial charge in [-0.05, 0) is 48.9 Å². The second-order valence-electron chi connectivity index (χ2n) is 5.76. The number of carbonyl (C=O) groups excluding carboxylic acids is 2. The summed E-state index contributed by atoms with van der Waals surface area (Å²) in [6.07, 6.45) is 0. The van der Waals surface area contributed by atoms with Gasteiger partial charge in [-0.2, -0.15) is 4.31 Å². The van der Waals surface area contributed by atoms with Gasteiger partial charge in [-0.25, -0.2) is 8.42 Å². The summed E-state index contributed by atoms with van der Waals surface area (Å²) in [5.41, 5.74) is 1.41. The molecule has 0 aliphatic heterocycles. The lowest BCUT2D eigenvalue weighted by molar-refractivity contribution is -0.134. The highest BCUT2D eigenvalue weighted by atomic mass is 32.2. The number of sulfonamides is 1. The molecule has 1 N–H and O–H groups in total. The highest BCUT2D eigenvalue weighted by molar-refractivity contribution is 7.89. The van der Waals surface area contributed by atoms with Gasteiger partial charge in [0.15, 0.2) is 0 Å². The van der Waals surface area contributed by atoms with Gasteiger partial charge in [0, 0.05) is 19.7 Å². The molecule has 0 heterocycles. The van der Waals surface area contributed by atoms with Crippen molar-refractivity contribution >= 4 is 27.6 Å². The molecule has 0 aliphatic rings. The van der Waals surface area contributed by atoms with E-state index < -0.39 is 22.5 Å². The first kappa shape index (κ1) is 19.6. The van der Waals surface area contributed by atoms with Gasteiger partial charge >= 0.3 is 5.97 Å². The molecule has 0 aromatic heterocycles. The Bertz CT molecular complexity index is 907. The summed E-state index contributed by atoms with van der Waals surface area (Å²) < 4.78 is 31.2. The first-order valence-electron chi connectivity index (χ1n) is 7.80. The first-order valence-corrected chi connectivity index (χ1v) is 9.24. The van der Waals surface area contributed by atoms with Crippen molar-refractivity contribution in [1.29, 1.82) is 0 Å². The number of anilines is 1.